The van der Waals surface area contributed by atoms with Crippen LogP contribution in [0.3, 0.4) is 0 Å². The number of thiocarbonyl (C=S) groups is 1. The van der Waals surface area contributed by atoms with Crippen LogP contribution in [0.15, 0.2) is 60.7 Å². The Bertz CT molecular complexity index is 996. The molecule has 0 heterocycles. The minimum absolute atomic E-state index is 0.0765. The van der Waals surface area contributed by atoms with Crippen LogP contribution in [-0.2, 0) is 16.0 Å². The molecule has 0 aromatic heterocycles. The maximum atomic E-state index is 13.6. The minimum atomic E-state index is -0.577. The molecule has 3 rings (SSSR count). The molecule has 38 heavy (non-hydrogen) atoms. The first-order chi connectivity index (χ1) is 18.5. The minimum Gasteiger partial charge on any atom is -0.378 e. The van der Waals surface area contributed by atoms with Crippen LogP contribution in [0.25, 0.3) is 0 Å². The third kappa shape index (κ3) is 10.2. The molecule has 4 N–H and O–H groups in total. The monoisotopic (exact) mass is 537 g/mol. The van der Waals surface area contributed by atoms with Crippen molar-refractivity contribution in [3.63, 3.8) is 0 Å². The van der Waals surface area contributed by atoms with Gasteiger partial charge in [0.25, 0.3) is 0 Å². The summed E-state index contributed by atoms with van der Waals surface area (Å²) in [5.74, 6) is -0.715. The predicted octanol–water partition coefficient (Wildman–Crippen LogP) is 5.70. The molecule has 1 fully saturated rings. The smallest absolute Gasteiger partial charge is 0.244 e. The molecule has 1 aliphatic rings. The summed E-state index contributed by atoms with van der Waals surface area (Å²) in [5.41, 5.74) is 4.11. The van der Waals surface area contributed by atoms with Gasteiger partial charge in [0.1, 0.15) is 0 Å². The zero-order valence-corrected chi connectivity index (χ0v) is 23.3. The summed E-state index contributed by atoms with van der Waals surface area (Å²) in [7, 11) is 0. The first-order valence-electron chi connectivity index (χ1n) is 14.1. The Morgan fingerprint density at radius 1 is 1.00 bits per heavy atom. The Morgan fingerprint density at radius 2 is 1.66 bits per heavy atom. The highest BCUT2D eigenvalue weighted by Gasteiger charge is 2.29. The van der Waals surface area contributed by atoms with Crippen molar-refractivity contribution in [3.8, 4) is 0 Å². The van der Waals surface area contributed by atoms with Crippen molar-refractivity contribution in [1.29, 1.82) is 0 Å². The third-order valence-corrected chi connectivity index (χ3v) is 8.07. The topological polar surface area (TPSA) is 90.5 Å². The zero-order chi connectivity index (χ0) is 27.2. The van der Waals surface area contributed by atoms with Crippen LogP contribution in [0.4, 0.5) is 0 Å². The van der Waals surface area contributed by atoms with Crippen LogP contribution >= 0.6 is 12.2 Å². The number of carbonyl (C=O) groups is 2. The molecule has 206 valence electrons. The molecule has 2 aromatic carbocycles. The van der Waals surface area contributed by atoms with Gasteiger partial charge in [-0.05, 0) is 48.6 Å². The Balaban J connectivity index is 1.64. The SMILES string of the molecule is CC(C[C@H](CC(=O)NO)C(=O)N[C@@H](CC1CCCCC1)C(=S)NCCCc1ccccc1)c1ccccc1. The molecular formula is C31H43N3O3S. The van der Waals surface area contributed by atoms with Crippen molar-refractivity contribution in [2.45, 2.75) is 83.1 Å². The number of amides is 2. The van der Waals surface area contributed by atoms with E-state index in [0.29, 0.717) is 17.3 Å². The fraction of sp³-hybridized carbons (Fsp3) is 0.516. The molecule has 1 saturated carbocycles. The van der Waals surface area contributed by atoms with Crippen molar-refractivity contribution >= 4 is 29.0 Å². The largest absolute Gasteiger partial charge is 0.378 e. The van der Waals surface area contributed by atoms with E-state index in [2.05, 4.69) is 41.8 Å². The van der Waals surface area contributed by atoms with E-state index >= 15 is 0 Å². The fourth-order valence-corrected chi connectivity index (χ4v) is 5.70. The van der Waals surface area contributed by atoms with Crippen LogP contribution in [0, 0.1) is 11.8 Å². The lowest BCUT2D eigenvalue weighted by molar-refractivity contribution is -0.135. The molecule has 0 saturated heterocycles. The van der Waals surface area contributed by atoms with Gasteiger partial charge < -0.3 is 10.6 Å². The third-order valence-electron chi connectivity index (χ3n) is 7.65. The molecule has 0 spiro atoms. The highest BCUT2D eigenvalue weighted by Crippen LogP contribution is 2.29. The van der Waals surface area contributed by atoms with E-state index in [0.717, 1.165) is 44.2 Å². The van der Waals surface area contributed by atoms with E-state index in [1.807, 2.05) is 36.4 Å². The van der Waals surface area contributed by atoms with Gasteiger partial charge in [0.15, 0.2) is 0 Å². The first kappa shape index (κ1) is 29.8. The van der Waals surface area contributed by atoms with Crippen LogP contribution in [0.1, 0.15) is 81.8 Å². The second-order valence-electron chi connectivity index (χ2n) is 10.7. The summed E-state index contributed by atoms with van der Waals surface area (Å²) >= 11 is 5.81. The van der Waals surface area contributed by atoms with Crippen molar-refractivity contribution < 1.29 is 14.8 Å². The zero-order valence-electron chi connectivity index (χ0n) is 22.5. The normalized spacial score (nSPS) is 16.2. The summed E-state index contributed by atoms with van der Waals surface area (Å²) in [5, 5.41) is 15.8. The highest BCUT2D eigenvalue weighted by molar-refractivity contribution is 7.80. The second kappa shape index (κ2) is 16.2. The van der Waals surface area contributed by atoms with Gasteiger partial charge in [0.05, 0.1) is 11.0 Å². The fourth-order valence-electron chi connectivity index (χ4n) is 5.45. The standard InChI is InChI=1S/C31H43N3O3S/c1-23(26-17-9-4-10-18-26)20-27(22-29(35)34-37)30(36)33-28(21-25-14-7-3-8-15-25)31(38)32-19-11-16-24-12-5-2-6-13-24/h2,4-6,9-10,12-13,17-18,23,25,27-28,37H,3,7-8,11,14-16,19-22H2,1H3,(H,32,38)(H,33,36)(H,34,35)/t23?,27-,28+/m1/s1. The molecular weight excluding hydrogens is 494 g/mol. The quantitative estimate of drug-likeness (QED) is 0.107. The lowest BCUT2D eigenvalue weighted by atomic mass is 9.84. The van der Waals surface area contributed by atoms with E-state index in [1.165, 1.54) is 24.8 Å². The number of hydrogen-bond donors (Lipinski definition) is 4. The molecule has 7 heteroatoms. The Kier molecular flexibility index (Phi) is 12.7. The number of carbonyl (C=O) groups excluding carboxylic acids is 2. The Morgan fingerprint density at radius 3 is 2.32 bits per heavy atom. The second-order valence-corrected chi connectivity index (χ2v) is 11.1. The van der Waals surface area contributed by atoms with Gasteiger partial charge in [-0.15, -0.1) is 0 Å². The van der Waals surface area contributed by atoms with Gasteiger partial charge in [-0.3, -0.25) is 14.8 Å². The van der Waals surface area contributed by atoms with Crippen molar-refractivity contribution in [2.24, 2.45) is 11.8 Å². The molecule has 6 nitrogen and oxygen atoms in total. The van der Waals surface area contributed by atoms with Crippen LogP contribution in [-0.4, -0.2) is 34.6 Å². The number of aryl methyl sites for hydroxylation is 1. The average Bonchev–Trinajstić information content (AvgIpc) is 2.95. The molecule has 0 aliphatic heterocycles. The van der Waals surface area contributed by atoms with E-state index in [-0.39, 0.29) is 24.3 Å². The van der Waals surface area contributed by atoms with E-state index in [9.17, 15) is 9.59 Å². The predicted molar refractivity (Wildman–Crippen MR) is 156 cm³/mol. The molecule has 3 atom stereocenters. The number of hydroxylamine groups is 1. The molecule has 0 radical (unpaired) electrons. The van der Waals surface area contributed by atoms with E-state index in [1.54, 1.807) is 5.48 Å². The van der Waals surface area contributed by atoms with Crippen LogP contribution in [0.5, 0.6) is 0 Å². The lowest BCUT2D eigenvalue weighted by Crippen LogP contribution is -2.49. The first-order valence-corrected chi connectivity index (χ1v) is 14.5. The summed E-state index contributed by atoms with van der Waals surface area (Å²) in [4.78, 5) is 26.3. The summed E-state index contributed by atoms with van der Waals surface area (Å²) < 4.78 is 0. The molecule has 2 aromatic rings. The van der Waals surface area contributed by atoms with E-state index < -0.39 is 11.8 Å². The van der Waals surface area contributed by atoms with Crippen molar-refractivity contribution in [2.75, 3.05) is 6.54 Å². The Labute approximate surface area is 232 Å². The molecule has 1 aliphatic carbocycles. The van der Waals surface area contributed by atoms with Gasteiger partial charge in [0, 0.05) is 18.9 Å². The van der Waals surface area contributed by atoms with Crippen LogP contribution < -0.4 is 16.1 Å². The molecule has 0 bridgehead atoms. The molecule has 1 unspecified atom stereocenters. The van der Waals surface area contributed by atoms with Crippen molar-refractivity contribution in [3.05, 3.63) is 71.8 Å². The maximum absolute atomic E-state index is 13.6. The summed E-state index contributed by atoms with van der Waals surface area (Å²) in [6.45, 7) is 2.80. The number of rotatable bonds is 14. The van der Waals surface area contributed by atoms with Gasteiger partial charge in [0.2, 0.25) is 11.8 Å². The van der Waals surface area contributed by atoms with Crippen LogP contribution in [0.2, 0.25) is 0 Å². The van der Waals surface area contributed by atoms with Gasteiger partial charge in [-0.1, -0.05) is 112 Å². The molecule has 2 amide bonds. The number of benzene rings is 2. The average molecular weight is 538 g/mol. The number of nitrogens with one attached hydrogen (secondary N) is 3. The lowest BCUT2D eigenvalue weighted by Gasteiger charge is -2.30. The van der Waals surface area contributed by atoms with Gasteiger partial charge in [-0.25, -0.2) is 5.48 Å². The van der Waals surface area contributed by atoms with Gasteiger partial charge >= 0.3 is 0 Å². The Hall–Kier alpha value is -2.77. The van der Waals surface area contributed by atoms with Crippen molar-refractivity contribution in [1.82, 2.24) is 16.1 Å². The number of hydrogen-bond acceptors (Lipinski definition) is 4. The van der Waals surface area contributed by atoms with E-state index in [4.69, 9.17) is 17.4 Å². The summed E-state index contributed by atoms with van der Waals surface area (Å²) in [6, 6.07) is 20.1. The maximum Gasteiger partial charge on any atom is 0.244 e. The highest BCUT2D eigenvalue weighted by atomic mass is 32.1. The summed E-state index contributed by atoms with van der Waals surface area (Å²) in [6.07, 6.45) is 9.16. The van der Waals surface area contributed by atoms with Gasteiger partial charge in [-0.2, -0.15) is 0 Å².